The minimum absolute atomic E-state index is 0.222. The molecule has 0 radical (unpaired) electrons. The summed E-state index contributed by atoms with van der Waals surface area (Å²) in [6.07, 6.45) is 3.55. The quantitative estimate of drug-likeness (QED) is 0.873. The highest BCUT2D eigenvalue weighted by Gasteiger charge is 2.32. The molecule has 2 aromatic rings. The Labute approximate surface area is 106 Å². The summed E-state index contributed by atoms with van der Waals surface area (Å²) in [6.45, 7) is 1.96. The third-order valence-corrected chi connectivity index (χ3v) is 3.91. The van der Waals surface area contributed by atoms with Crippen LogP contribution in [-0.4, -0.2) is 32.5 Å². The van der Waals surface area contributed by atoms with Gasteiger partial charge >= 0.3 is 0 Å². The van der Waals surface area contributed by atoms with Gasteiger partial charge in [-0.3, -0.25) is 9.25 Å². The van der Waals surface area contributed by atoms with E-state index in [1.807, 2.05) is 18.7 Å². The largest absolute Gasteiger partial charge is 0.379 e. The maximum absolute atomic E-state index is 6.09. The number of hydrogen-bond donors (Lipinski definition) is 1. The van der Waals surface area contributed by atoms with E-state index in [0.717, 1.165) is 29.7 Å². The average Bonchev–Trinajstić information content (AvgIpc) is 2.97. The van der Waals surface area contributed by atoms with Gasteiger partial charge in [0.25, 0.3) is 0 Å². The topological polar surface area (TPSA) is 70.9 Å². The first-order valence-electron chi connectivity index (χ1n) is 6.33. The molecule has 0 bridgehead atoms. The summed E-state index contributed by atoms with van der Waals surface area (Å²) in [5.41, 5.74) is 8.91. The highest BCUT2D eigenvalue weighted by molar-refractivity contribution is 5.77. The van der Waals surface area contributed by atoms with Gasteiger partial charge in [0.2, 0.25) is 5.95 Å². The van der Waals surface area contributed by atoms with E-state index < -0.39 is 0 Å². The van der Waals surface area contributed by atoms with E-state index in [4.69, 9.17) is 10.5 Å². The van der Waals surface area contributed by atoms with Crippen LogP contribution in [0.25, 0.3) is 11.2 Å². The molecular formula is C12H19N5O. The highest BCUT2D eigenvalue weighted by atomic mass is 16.5. The summed E-state index contributed by atoms with van der Waals surface area (Å²) in [4.78, 5) is 4.45. The van der Waals surface area contributed by atoms with Gasteiger partial charge in [-0.15, -0.1) is 0 Å². The molecule has 6 heteroatoms. The molecule has 2 heterocycles. The molecule has 1 fully saturated rings. The third kappa shape index (κ3) is 1.45. The van der Waals surface area contributed by atoms with Crippen molar-refractivity contribution in [2.75, 3.05) is 12.8 Å². The normalized spacial score (nSPS) is 24.2. The Morgan fingerprint density at radius 1 is 1.39 bits per heavy atom. The fourth-order valence-electron chi connectivity index (χ4n) is 3.12. The summed E-state index contributed by atoms with van der Waals surface area (Å²) >= 11 is 0. The molecule has 18 heavy (non-hydrogen) atoms. The zero-order valence-electron chi connectivity index (χ0n) is 11.1. The van der Waals surface area contributed by atoms with E-state index in [0.29, 0.717) is 5.95 Å². The summed E-state index contributed by atoms with van der Waals surface area (Å²) < 4.78 is 9.52. The second kappa shape index (κ2) is 3.98. The number of ether oxygens (including phenoxy) is 1. The lowest BCUT2D eigenvalue weighted by Crippen LogP contribution is -2.22. The van der Waals surface area contributed by atoms with E-state index >= 15 is 0 Å². The van der Waals surface area contributed by atoms with Crippen molar-refractivity contribution < 1.29 is 4.74 Å². The predicted octanol–water partition coefficient (Wildman–Crippen LogP) is 1.40. The van der Waals surface area contributed by atoms with Gasteiger partial charge in [-0.05, 0) is 26.2 Å². The van der Waals surface area contributed by atoms with Gasteiger partial charge in [0.05, 0.1) is 17.8 Å². The maximum atomic E-state index is 6.09. The Hall–Kier alpha value is -1.56. The van der Waals surface area contributed by atoms with Crippen LogP contribution < -0.4 is 5.73 Å². The van der Waals surface area contributed by atoms with Crippen molar-refractivity contribution in [3.05, 3.63) is 5.69 Å². The van der Waals surface area contributed by atoms with Crippen molar-refractivity contribution in [2.45, 2.75) is 38.3 Å². The van der Waals surface area contributed by atoms with Gasteiger partial charge in [0, 0.05) is 14.2 Å². The lowest BCUT2D eigenvalue weighted by atomic mass is 10.2. The van der Waals surface area contributed by atoms with Gasteiger partial charge in [0.15, 0.2) is 5.65 Å². The monoisotopic (exact) mass is 249 g/mol. The van der Waals surface area contributed by atoms with E-state index in [1.54, 1.807) is 7.11 Å². The number of aromatic nitrogens is 4. The molecule has 6 nitrogen and oxygen atoms in total. The van der Waals surface area contributed by atoms with Crippen molar-refractivity contribution in [3.63, 3.8) is 0 Å². The number of anilines is 1. The molecule has 0 aliphatic heterocycles. The smallest absolute Gasteiger partial charge is 0.202 e. The molecule has 1 saturated carbocycles. The first kappa shape index (κ1) is 11.5. The van der Waals surface area contributed by atoms with E-state index in [1.165, 1.54) is 6.42 Å². The molecule has 0 amide bonds. The Morgan fingerprint density at radius 3 is 2.89 bits per heavy atom. The van der Waals surface area contributed by atoms with Gasteiger partial charge in [-0.1, -0.05) is 0 Å². The van der Waals surface area contributed by atoms with Gasteiger partial charge in [-0.2, -0.15) is 5.10 Å². The molecule has 0 aromatic carbocycles. The summed E-state index contributed by atoms with van der Waals surface area (Å²) in [5, 5.41) is 4.41. The van der Waals surface area contributed by atoms with Crippen LogP contribution in [0.5, 0.6) is 0 Å². The summed E-state index contributed by atoms with van der Waals surface area (Å²) in [6, 6.07) is 0.273. The number of nitrogen functional groups attached to an aromatic ring is 1. The molecule has 1 aliphatic carbocycles. The Bertz CT molecular complexity index is 585. The Morgan fingerprint density at radius 2 is 2.17 bits per heavy atom. The molecule has 3 rings (SSSR count). The molecule has 0 spiro atoms. The summed E-state index contributed by atoms with van der Waals surface area (Å²) in [5.74, 6) is 0.565. The fourth-order valence-corrected chi connectivity index (χ4v) is 3.12. The Kier molecular flexibility index (Phi) is 2.55. The molecular weight excluding hydrogens is 230 g/mol. The van der Waals surface area contributed by atoms with Gasteiger partial charge in [-0.25, -0.2) is 4.98 Å². The molecule has 2 N–H and O–H groups in total. The number of methoxy groups -OCH3 is 1. The number of aryl methyl sites for hydroxylation is 2. The predicted molar refractivity (Wildman–Crippen MR) is 69.3 cm³/mol. The standard InChI is InChI=1S/C12H19N5O/c1-7-10-11(16(2)15-7)17(12(13)14-10)8-5-4-6-9(8)18-3/h8-9H,4-6H2,1-3H3,(H2,13,14). The van der Waals surface area contributed by atoms with Crippen LogP contribution >= 0.6 is 0 Å². The SMILES string of the molecule is COC1CCCC1n1c(N)nc2c(C)nn(C)c21. The maximum Gasteiger partial charge on any atom is 0.202 e. The van der Waals surface area contributed by atoms with Crippen LogP contribution in [0.3, 0.4) is 0 Å². The molecule has 1 aliphatic rings. The number of hydrogen-bond acceptors (Lipinski definition) is 4. The molecule has 0 saturated heterocycles. The number of imidazole rings is 1. The second-order valence-corrected chi connectivity index (χ2v) is 4.99. The lowest BCUT2D eigenvalue weighted by molar-refractivity contribution is 0.0765. The highest BCUT2D eigenvalue weighted by Crippen LogP contribution is 2.36. The van der Waals surface area contributed by atoms with Crippen LogP contribution in [0.1, 0.15) is 31.0 Å². The fraction of sp³-hybridized carbons (Fsp3) is 0.667. The van der Waals surface area contributed by atoms with Crippen LogP contribution in [0.15, 0.2) is 0 Å². The number of fused-ring (bicyclic) bond motifs is 1. The summed E-state index contributed by atoms with van der Waals surface area (Å²) in [7, 11) is 3.70. The molecule has 98 valence electrons. The van der Waals surface area contributed by atoms with Crippen LogP contribution in [0, 0.1) is 6.92 Å². The average molecular weight is 249 g/mol. The van der Waals surface area contributed by atoms with Crippen molar-refractivity contribution in [2.24, 2.45) is 7.05 Å². The van der Waals surface area contributed by atoms with Crippen LogP contribution in [0.2, 0.25) is 0 Å². The Balaban J connectivity index is 2.19. The van der Waals surface area contributed by atoms with Crippen LogP contribution in [-0.2, 0) is 11.8 Å². The number of nitrogens with two attached hydrogens (primary N) is 1. The van der Waals surface area contributed by atoms with Crippen molar-refractivity contribution in [3.8, 4) is 0 Å². The molecule has 2 atom stereocenters. The van der Waals surface area contributed by atoms with E-state index in [9.17, 15) is 0 Å². The minimum atomic E-state index is 0.222. The third-order valence-electron chi connectivity index (χ3n) is 3.91. The first-order valence-corrected chi connectivity index (χ1v) is 6.33. The van der Waals surface area contributed by atoms with Crippen LogP contribution in [0.4, 0.5) is 5.95 Å². The van der Waals surface area contributed by atoms with E-state index in [-0.39, 0.29) is 12.1 Å². The molecule has 2 aromatic heterocycles. The van der Waals surface area contributed by atoms with Crippen molar-refractivity contribution in [1.29, 1.82) is 0 Å². The van der Waals surface area contributed by atoms with Crippen molar-refractivity contribution >= 4 is 17.1 Å². The lowest BCUT2D eigenvalue weighted by Gasteiger charge is -2.21. The first-order chi connectivity index (χ1) is 8.63. The van der Waals surface area contributed by atoms with Gasteiger partial charge in [0.1, 0.15) is 5.52 Å². The minimum Gasteiger partial charge on any atom is -0.379 e. The van der Waals surface area contributed by atoms with Gasteiger partial charge < -0.3 is 10.5 Å². The van der Waals surface area contributed by atoms with Crippen molar-refractivity contribution in [1.82, 2.24) is 19.3 Å². The van der Waals surface area contributed by atoms with E-state index in [2.05, 4.69) is 14.6 Å². The zero-order chi connectivity index (χ0) is 12.9. The number of nitrogens with zero attached hydrogens (tertiary/aromatic N) is 4. The zero-order valence-corrected chi connectivity index (χ0v) is 11.1. The number of rotatable bonds is 2. The molecule has 2 unspecified atom stereocenters. The second-order valence-electron chi connectivity index (χ2n) is 4.99.